The highest BCUT2D eigenvalue weighted by Crippen LogP contribution is 2.26. The molecule has 1 N–H and O–H groups in total. The van der Waals surface area contributed by atoms with E-state index in [0.717, 1.165) is 42.8 Å². The molecule has 0 aliphatic carbocycles. The maximum atomic E-state index is 11.7. The Morgan fingerprint density at radius 1 is 1.45 bits per heavy atom. The highest BCUT2D eigenvalue weighted by molar-refractivity contribution is 5.86. The molecule has 1 saturated heterocycles. The van der Waals surface area contributed by atoms with Crippen LogP contribution in [0, 0.1) is 5.92 Å². The van der Waals surface area contributed by atoms with Crippen molar-refractivity contribution in [2.75, 3.05) is 24.6 Å². The Hall–Kier alpha value is -2.18. The fourth-order valence-electron chi connectivity index (χ4n) is 2.59. The van der Waals surface area contributed by atoms with Crippen LogP contribution in [0.1, 0.15) is 19.8 Å². The second kappa shape index (κ2) is 5.44. The van der Waals surface area contributed by atoms with Gasteiger partial charge in [0, 0.05) is 13.1 Å². The molecule has 1 fully saturated rings. The highest BCUT2D eigenvalue weighted by atomic mass is 16.5. The van der Waals surface area contributed by atoms with Crippen molar-refractivity contribution in [3.63, 3.8) is 0 Å². The van der Waals surface area contributed by atoms with Crippen molar-refractivity contribution < 1.29 is 9.53 Å². The van der Waals surface area contributed by atoms with Gasteiger partial charge in [0.25, 0.3) is 0 Å². The standard InChI is InChI=1S/C13H17N5O2/c1-2-20-13(19)9-3-5-18(6-4-9)12-10-7-16-17-11(10)14-8-15-12/h7-9H,2-6H2,1H3,(H,14,15,16,17). The molecule has 0 aromatic carbocycles. The summed E-state index contributed by atoms with van der Waals surface area (Å²) in [6.45, 7) is 3.87. The van der Waals surface area contributed by atoms with E-state index in [9.17, 15) is 4.79 Å². The van der Waals surface area contributed by atoms with Crippen molar-refractivity contribution in [2.45, 2.75) is 19.8 Å². The molecule has 20 heavy (non-hydrogen) atoms. The van der Waals surface area contributed by atoms with Crippen molar-refractivity contribution in [1.29, 1.82) is 0 Å². The predicted octanol–water partition coefficient (Wildman–Crippen LogP) is 1.13. The zero-order chi connectivity index (χ0) is 13.9. The lowest BCUT2D eigenvalue weighted by molar-refractivity contribution is -0.148. The van der Waals surface area contributed by atoms with Crippen LogP contribution in [-0.4, -0.2) is 45.8 Å². The van der Waals surface area contributed by atoms with E-state index in [1.165, 1.54) is 6.33 Å². The van der Waals surface area contributed by atoms with Crippen LogP contribution in [0.2, 0.25) is 0 Å². The Balaban J connectivity index is 1.72. The summed E-state index contributed by atoms with van der Waals surface area (Å²) in [4.78, 5) is 22.4. The number of piperidine rings is 1. The number of ether oxygens (including phenoxy) is 1. The third-order valence-corrected chi connectivity index (χ3v) is 3.64. The number of carbonyl (C=O) groups is 1. The zero-order valence-corrected chi connectivity index (χ0v) is 11.4. The van der Waals surface area contributed by atoms with E-state index in [1.807, 2.05) is 6.92 Å². The van der Waals surface area contributed by atoms with E-state index in [2.05, 4.69) is 25.1 Å². The van der Waals surface area contributed by atoms with E-state index in [-0.39, 0.29) is 11.9 Å². The molecule has 0 radical (unpaired) electrons. The molecule has 0 bridgehead atoms. The number of nitrogens with one attached hydrogen (secondary N) is 1. The monoisotopic (exact) mass is 275 g/mol. The summed E-state index contributed by atoms with van der Waals surface area (Å²) in [7, 11) is 0. The van der Waals surface area contributed by atoms with Crippen molar-refractivity contribution >= 4 is 22.8 Å². The van der Waals surface area contributed by atoms with E-state index in [0.29, 0.717) is 6.61 Å². The maximum Gasteiger partial charge on any atom is 0.309 e. The van der Waals surface area contributed by atoms with Crippen LogP contribution < -0.4 is 4.90 Å². The van der Waals surface area contributed by atoms with Crippen LogP contribution in [0.5, 0.6) is 0 Å². The highest BCUT2D eigenvalue weighted by Gasteiger charge is 2.27. The molecule has 0 saturated carbocycles. The first kappa shape index (κ1) is 12.8. The number of nitrogens with zero attached hydrogens (tertiary/aromatic N) is 4. The molecule has 0 atom stereocenters. The van der Waals surface area contributed by atoms with Gasteiger partial charge in [0.05, 0.1) is 24.1 Å². The van der Waals surface area contributed by atoms with Gasteiger partial charge in [0.2, 0.25) is 0 Å². The van der Waals surface area contributed by atoms with Crippen LogP contribution >= 0.6 is 0 Å². The summed E-state index contributed by atoms with van der Waals surface area (Å²) in [5.74, 6) is 0.808. The molecular weight excluding hydrogens is 258 g/mol. The van der Waals surface area contributed by atoms with E-state index >= 15 is 0 Å². The number of hydrogen-bond donors (Lipinski definition) is 1. The first-order valence-corrected chi connectivity index (χ1v) is 6.85. The molecule has 3 rings (SSSR count). The fraction of sp³-hybridized carbons (Fsp3) is 0.538. The average molecular weight is 275 g/mol. The summed E-state index contributed by atoms with van der Waals surface area (Å²) in [5.41, 5.74) is 0.738. The summed E-state index contributed by atoms with van der Waals surface area (Å²) in [6.07, 6.45) is 4.86. The maximum absolute atomic E-state index is 11.7. The molecular formula is C13H17N5O2. The lowest BCUT2D eigenvalue weighted by Gasteiger charge is -2.31. The number of rotatable bonds is 3. The normalized spacial score (nSPS) is 16.6. The van der Waals surface area contributed by atoms with E-state index < -0.39 is 0 Å². The number of anilines is 1. The SMILES string of the molecule is CCOC(=O)C1CCN(c2ncnc3[nH]ncc23)CC1. The third-order valence-electron chi connectivity index (χ3n) is 3.64. The molecule has 2 aromatic rings. The number of fused-ring (bicyclic) bond motifs is 1. The van der Waals surface area contributed by atoms with Crippen molar-refractivity contribution in [2.24, 2.45) is 5.92 Å². The smallest absolute Gasteiger partial charge is 0.309 e. The number of aromatic amines is 1. The molecule has 3 heterocycles. The average Bonchev–Trinajstić information content (AvgIpc) is 2.96. The summed E-state index contributed by atoms with van der Waals surface area (Å²) >= 11 is 0. The van der Waals surface area contributed by atoms with Gasteiger partial charge < -0.3 is 9.64 Å². The second-order valence-electron chi connectivity index (χ2n) is 4.84. The van der Waals surface area contributed by atoms with Crippen LogP contribution in [0.15, 0.2) is 12.5 Å². The molecule has 0 spiro atoms. The minimum Gasteiger partial charge on any atom is -0.466 e. The van der Waals surface area contributed by atoms with Crippen LogP contribution in [0.4, 0.5) is 5.82 Å². The number of H-pyrrole nitrogens is 1. The van der Waals surface area contributed by atoms with Gasteiger partial charge in [-0.05, 0) is 19.8 Å². The van der Waals surface area contributed by atoms with Crippen molar-refractivity contribution in [3.8, 4) is 0 Å². The predicted molar refractivity (Wildman–Crippen MR) is 73.3 cm³/mol. The Labute approximate surface area is 116 Å². The van der Waals surface area contributed by atoms with Crippen molar-refractivity contribution in [1.82, 2.24) is 20.2 Å². The largest absolute Gasteiger partial charge is 0.466 e. The van der Waals surface area contributed by atoms with Gasteiger partial charge in [-0.3, -0.25) is 9.89 Å². The Morgan fingerprint density at radius 3 is 3.00 bits per heavy atom. The van der Waals surface area contributed by atoms with Crippen LogP contribution in [0.3, 0.4) is 0 Å². The molecule has 106 valence electrons. The van der Waals surface area contributed by atoms with Gasteiger partial charge >= 0.3 is 5.97 Å². The minimum atomic E-state index is -0.0803. The molecule has 1 aliphatic rings. The van der Waals surface area contributed by atoms with Gasteiger partial charge in [-0.25, -0.2) is 9.97 Å². The third kappa shape index (κ3) is 2.31. The van der Waals surface area contributed by atoms with Gasteiger partial charge in [0.15, 0.2) is 5.65 Å². The first-order chi connectivity index (χ1) is 9.79. The summed E-state index contributed by atoms with van der Waals surface area (Å²) in [6, 6.07) is 0. The van der Waals surface area contributed by atoms with Crippen LogP contribution in [0.25, 0.3) is 11.0 Å². The van der Waals surface area contributed by atoms with Gasteiger partial charge in [-0.2, -0.15) is 5.10 Å². The summed E-state index contributed by atoms with van der Waals surface area (Å²) < 4.78 is 5.08. The topological polar surface area (TPSA) is 84.0 Å². The molecule has 1 aliphatic heterocycles. The van der Waals surface area contributed by atoms with E-state index in [4.69, 9.17) is 4.74 Å². The molecule has 7 heteroatoms. The number of carbonyl (C=O) groups excluding carboxylic acids is 1. The van der Waals surface area contributed by atoms with Gasteiger partial charge in [-0.1, -0.05) is 0 Å². The van der Waals surface area contributed by atoms with Crippen molar-refractivity contribution in [3.05, 3.63) is 12.5 Å². The lowest BCUT2D eigenvalue weighted by Crippen LogP contribution is -2.37. The fourth-order valence-corrected chi connectivity index (χ4v) is 2.59. The first-order valence-electron chi connectivity index (χ1n) is 6.85. The molecule has 0 unspecified atom stereocenters. The molecule has 0 amide bonds. The Morgan fingerprint density at radius 2 is 2.25 bits per heavy atom. The zero-order valence-electron chi connectivity index (χ0n) is 11.4. The van der Waals surface area contributed by atoms with Gasteiger partial charge in [-0.15, -0.1) is 0 Å². The number of aromatic nitrogens is 4. The second-order valence-corrected chi connectivity index (χ2v) is 4.84. The summed E-state index contributed by atoms with van der Waals surface area (Å²) in [5, 5.41) is 7.76. The van der Waals surface area contributed by atoms with Gasteiger partial charge in [0.1, 0.15) is 12.1 Å². The Bertz CT molecular complexity index is 604. The minimum absolute atomic E-state index is 0.00729. The number of hydrogen-bond acceptors (Lipinski definition) is 6. The molecule has 7 nitrogen and oxygen atoms in total. The van der Waals surface area contributed by atoms with E-state index in [1.54, 1.807) is 6.20 Å². The quantitative estimate of drug-likeness (QED) is 0.845. The lowest BCUT2D eigenvalue weighted by atomic mass is 9.97. The number of esters is 1. The van der Waals surface area contributed by atoms with Crippen LogP contribution in [-0.2, 0) is 9.53 Å². The molecule has 2 aromatic heterocycles. The Kier molecular flexibility index (Phi) is 3.49.